The lowest BCUT2D eigenvalue weighted by molar-refractivity contribution is -0.132. The largest absolute Gasteiger partial charge is 0.478 e. The van der Waals surface area contributed by atoms with Crippen molar-refractivity contribution in [2.24, 2.45) is 0 Å². The fourth-order valence-corrected chi connectivity index (χ4v) is 0.670. The topological polar surface area (TPSA) is 37.3 Å². The van der Waals surface area contributed by atoms with Crippen LogP contribution in [0.25, 0.3) is 0 Å². The van der Waals surface area contributed by atoms with E-state index in [-0.39, 0.29) is 5.38 Å². The summed E-state index contributed by atoms with van der Waals surface area (Å²) in [5.41, 5.74) is 0.306. The van der Waals surface area contributed by atoms with Crippen molar-refractivity contribution in [1.82, 2.24) is 0 Å². The molecule has 0 fully saturated rings. The Kier molecular flexibility index (Phi) is 5.34. The Balaban J connectivity index is 3.82. The van der Waals surface area contributed by atoms with Gasteiger partial charge in [-0.2, -0.15) is 0 Å². The zero-order valence-corrected chi connectivity index (χ0v) is 7.69. The Morgan fingerprint density at radius 3 is 2.64 bits per heavy atom. The predicted molar refractivity (Wildman–Crippen MR) is 46.4 cm³/mol. The molecule has 0 saturated carbocycles. The molecule has 0 aromatic carbocycles. The van der Waals surface area contributed by atoms with Crippen LogP contribution in [0.1, 0.15) is 13.3 Å². The van der Waals surface area contributed by atoms with Gasteiger partial charge in [0.1, 0.15) is 0 Å². The fourth-order valence-electron chi connectivity index (χ4n) is 0.455. The molecule has 2 nitrogen and oxygen atoms in total. The molecule has 11 heavy (non-hydrogen) atoms. The van der Waals surface area contributed by atoms with Gasteiger partial charge in [-0.3, -0.25) is 0 Å². The monoisotopic (exact) mass is 196 g/mol. The van der Waals surface area contributed by atoms with Gasteiger partial charge in [0.15, 0.2) is 0 Å². The number of allylic oxidation sites excluding steroid dienone is 1. The summed E-state index contributed by atoms with van der Waals surface area (Å²) >= 11 is 11.1. The minimum atomic E-state index is -0.913. The number of aliphatic carboxylic acids is 1. The van der Waals surface area contributed by atoms with E-state index in [4.69, 9.17) is 28.3 Å². The fraction of sp³-hybridized carbons (Fsp3) is 0.571. The molecular weight excluding hydrogens is 187 g/mol. The number of rotatable bonds is 4. The summed E-state index contributed by atoms with van der Waals surface area (Å²) < 4.78 is 0. The van der Waals surface area contributed by atoms with Gasteiger partial charge in [-0.1, -0.05) is 6.08 Å². The first kappa shape index (κ1) is 10.8. The number of halogens is 2. The Labute approximate surface area is 75.8 Å². The maximum absolute atomic E-state index is 10.3. The van der Waals surface area contributed by atoms with Crippen LogP contribution in [-0.4, -0.2) is 22.3 Å². The molecule has 0 aromatic heterocycles. The van der Waals surface area contributed by atoms with Crippen LogP contribution in [0.3, 0.4) is 0 Å². The van der Waals surface area contributed by atoms with Crippen LogP contribution >= 0.6 is 23.2 Å². The molecule has 0 radical (unpaired) electrons. The molecular formula is C7H10Cl2O2. The summed E-state index contributed by atoms with van der Waals surface area (Å²) in [6, 6.07) is 0. The molecule has 1 N–H and O–H groups in total. The zero-order chi connectivity index (χ0) is 8.85. The van der Waals surface area contributed by atoms with Gasteiger partial charge in [0.2, 0.25) is 0 Å². The van der Waals surface area contributed by atoms with Crippen molar-refractivity contribution >= 4 is 29.2 Å². The summed E-state index contributed by atoms with van der Waals surface area (Å²) in [7, 11) is 0. The number of carboxylic acid groups (broad SMARTS) is 1. The van der Waals surface area contributed by atoms with Crippen molar-refractivity contribution in [1.29, 1.82) is 0 Å². The molecule has 0 aliphatic rings. The maximum Gasteiger partial charge on any atom is 0.330 e. The molecule has 4 heteroatoms. The van der Waals surface area contributed by atoms with E-state index in [1.807, 2.05) is 0 Å². The number of hydrogen-bond donors (Lipinski definition) is 1. The van der Waals surface area contributed by atoms with Crippen LogP contribution in [-0.2, 0) is 4.79 Å². The molecule has 0 bridgehead atoms. The summed E-state index contributed by atoms with van der Waals surface area (Å²) in [6.07, 6.45) is 2.07. The van der Waals surface area contributed by atoms with Crippen LogP contribution in [0.5, 0.6) is 0 Å². The maximum atomic E-state index is 10.3. The van der Waals surface area contributed by atoms with Crippen molar-refractivity contribution in [3.8, 4) is 0 Å². The first-order chi connectivity index (χ1) is 5.07. The van der Waals surface area contributed by atoms with Crippen LogP contribution in [0.4, 0.5) is 0 Å². The molecule has 0 aliphatic carbocycles. The molecule has 0 heterocycles. The first-order valence-corrected chi connectivity index (χ1v) is 4.15. The van der Waals surface area contributed by atoms with E-state index >= 15 is 0 Å². The standard InChI is InChI=1S/C7H10Cl2O2/c1-5(7(10)11)2-3-6(9)4-8/h2,6H,3-4H2,1H3,(H,10,11). The van der Waals surface area contributed by atoms with E-state index in [0.29, 0.717) is 17.9 Å². The highest BCUT2D eigenvalue weighted by molar-refractivity contribution is 6.28. The first-order valence-electron chi connectivity index (χ1n) is 3.18. The summed E-state index contributed by atoms with van der Waals surface area (Å²) in [5.74, 6) is -0.575. The molecule has 1 atom stereocenters. The number of carbonyl (C=O) groups is 1. The zero-order valence-electron chi connectivity index (χ0n) is 6.18. The van der Waals surface area contributed by atoms with E-state index in [1.165, 1.54) is 6.92 Å². The number of hydrogen-bond acceptors (Lipinski definition) is 1. The minimum absolute atomic E-state index is 0.175. The predicted octanol–water partition coefficient (Wildman–Crippen LogP) is 2.25. The van der Waals surface area contributed by atoms with E-state index < -0.39 is 5.97 Å². The Bertz CT molecular complexity index is 166. The Morgan fingerprint density at radius 2 is 2.27 bits per heavy atom. The lowest BCUT2D eigenvalue weighted by Crippen LogP contribution is -2.01. The minimum Gasteiger partial charge on any atom is -0.478 e. The smallest absolute Gasteiger partial charge is 0.330 e. The van der Waals surface area contributed by atoms with Crippen molar-refractivity contribution < 1.29 is 9.90 Å². The highest BCUT2D eigenvalue weighted by Crippen LogP contribution is 2.07. The molecule has 0 aromatic rings. The van der Waals surface area contributed by atoms with Gasteiger partial charge in [-0.15, -0.1) is 23.2 Å². The molecule has 0 spiro atoms. The van der Waals surface area contributed by atoms with Gasteiger partial charge in [0.05, 0.1) is 5.38 Å². The third kappa shape index (κ3) is 5.10. The summed E-state index contributed by atoms with van der Waals surface area (Å²) in [4.78, 5) is 10.3. The van der Waals surface area contributed by atoms with Crippen molar-refractivity contribution in [3.05, 3.63) is 11.6 Å². The number of carboxylic acids is 1. The lowest BCUT2D eigenvalue weighted by atomic mass is 10.2. The SMILES string of the molecule is CC(=CCC(Cl)CCl)C(=O)O. The highest BCUT2D eigenvalue weighted by Gasteiger charge is 2.02. The number of alkyl halides is 2. The van der Waals surface area contributed by atoms with Gasteiger partial charge in [-0.05, 0) is 13.3 Å². The highest BCUT2D eigenvalue weighted by atomic mass is 35.5. The summed E-state index contributed by atoms with van der Waals surface area (Å²) in [6.45, 7) is 1.53. The van der Waals surface area contributed by atoms with Crippen molar-refractivity contribution in [3.63, 3.8) is 0 Å². The Hall–Kier alpha value is -0.210. The second-order valence-corrected chi connectivity index (χ2v) is 3.11. The molecule has 0 rings (SSSR count). The third-order valence-corrected chi connectivity index (χ3v) is 2.05. The normalized spacial score (nSPS) is 14.6. The van der Waals surface area contributed by atoms with Gasteiger partial charge in [0, 0.05) is 11.5 Å². The van der Waals surface area contributed by atoms with Gasteiger partial charge in [0.25, 0.3) is 0 Å². The lowest BCUT2D eigenvalue weighted by Gasteiger charge is -1.99. The van der Waals surface area contributed by atoms with Crippen LogP contribution in [0.15, 0.2) is 11.6 Å². The molecule has 0 saturated heterocycles. The van der Waals surface area contributed by atoms with E-state index in [2.05, 4.69) is 0 Å². The second-order valence-electron chi connectivity index (χ2n) is 2.18. The quantitative estimate of drug-likeness (QED) is 0.554. The molecule has 0 amide bonds. The van der Waals surface area contributed by atoms with Gasteiger partial charge < -0.3 is 5.11 Å². The third-order valence-electron chi connectivity index (χ3n) is 1.18. The van der Waals surface area contributed by atoms with E-state index in [1.54, 1.807) is 6.08 Å². The molecule has 64 valence electrons. The summed E-state index contributed by atoms with van der Waals surface area (Å²) in [5, 5.41) is 8.25. The van der Waals surface area contributed by atoms with Crippen LogP contribution in [0, 0.1) is 0 Å². The van der Waals surface area contributed by atoms with E-state index in [0.717, 1.165) is 0 Å². The van der Waals surface area contributed by atoms with Crippen molar-refractivity contribution in [2.45, 2.75) is 18.7 Å². The average molecular weight is 197 g/mol. The van der Waals surface area contributed by atoms with Crippen LogP contribution in [0.2, 0.25) is 0 Å². The van der Waals surface area contributed by atoms with Gasteiger partial charge >= 0.3 is 5.97 Å². The van der Waals surface area contributed by atoms with E-state index in [9.17, 15) is 4.79 Å². The molecule has 1 unspecified atom stereocenters. The second kappa shape index (κ2) is 5.44. The van der Waals surface area contributed by atoms with Crippen LogP contribution < -0.4 is 0 Å². The Morgan fingerprint density at radius 1 is 1.73 bits per heavy atom. The average Bonchev–Trinajstić information content (AvgIpc) is 1.99. The van der Waals surface area contributed by atoms with Crippen molar-refractivity contribution in [2.75, 3.05) is 5.88 Å². The molecule has 0 aliphatic heterocycles. The van der Waals surface area contributed by atoms with Gasteiger partial charge in [-0.25, -0.2) is 4.79 Å².